The first-order chi connectivity index (χ1) is 12.1. The van der Waals surface area contributed by atoms with E-state index >= 15 is 0 Å². The summed E-state index contributed by atoms with van der Waals surface area (Å²) in [6, 6.07) is 15.4. The number of hydrazine groups is 1. The lowest BCUT2D eigenvalue weighted by atomic mass is 10.1. The molecule has 0 aliphatic carbocycles. The molecule has 0 amide bonds. The molecule has 27 heavy (non-hydrogen) atoms. The second-order valence-corrected chi connectivity index (χ2v) is 6.72. The van der Waals surface area contributed by atoms with Crippen LogP contribution in [0.15, 0.2) is 54.6 Å². The fraction of sp³-hybridized carbons (Fsp3) is 0.263. The lowest BCUT2D eigenvalue weighted by Gasteiger charge is -2.14. The highest BCUT2D eigenvalue weighted by Crippen LogP contribution is 2.12. The van der Waals surface area contributed by atoms with Crippen molar-refractivity contribution in [1.82, 2.24) is 5.43 Å². The molecule has 2 aromatic carbocycles. The van der Waals surface area contributed by atoms with Gasteiger partial charge in [-0.05, 0) is 68.2 Å². The van der Waals surface area contributed by atoms with Gasteiger partial charge in [-0.15, -0.1) is 12.4 Å². The number of carbonyl (C=O) groups excluding carboxylic acids is 2. The van der Waals surface area contributed by atoms with Crippen molar-refractivity contribution < 1.29 is 14.3 Å². The van der Waals surface area contributed by atoms with Crippen LogP contribution in [0.2, 0.25) is 0 Å². The van der Waals surface area contributed by atoms with Crippen molar-refractivity contribution in [2.75, 3.05) is 7.11 Å². The number of ether oxygens (including phenoxy) is 1. The van der Waals surface area contributed by atoms with E-state index in [2.05, 4.69) is 5.43 Å². The number of nitrogens with one attached hydrogen (secondary N) is 1. The van der Waals surface area contributed by atoms with E-state index in [4.69, 9.17) is 33.8 Å². The molecule has 2 aromatic rings. The first kappa shape index (κ1) is 27.6. The Bertz CT molecular complexity index is 673. The van der Waals surface area contributed by atoms with Gasteiger partial charge in [0.25, 0.3) is 10.5 Å². The zero-order valence-electron chi connectivity index (χ0n) is 15.7. The van der Waals surface area contributed by atoms with Gasteiger partial charge in [0.2, 0.25) is 0 Å². The Balaban J connectivity index is 0. The maximum Gasteiger partial charge on any atom is 0.252 e. The van der Waals surface area contributed by atoms with E-state index in [0.29, 0.717) is 16.9 Å². The molecule has 0 bridgehead atoms. The summed E-state index contributed by atoms with van der Waals surface area (Å²) in [6.07, 6.45) is 0. The fourth-order valence-electron chi connectivity index (χ4n) is 1.29. The Morgan fingerprint density at radius 3 is 1.52 bits per heavy atom. The van der Waals surface area contributed by atoms with Crippen LogP contribution in [0.3, 0.4) is 0 Å². The fourth-order valence-corrected chi connectivity index (χ4v) is 1.54. The van der Waals surface area contributed by atoms with E-state index in [9.17, 15) is 9.59 Å². The molecule has 0 saturated carbocycles. The summed E-state index contributed by atoms with van der Waals surface area (Å²) in [5.41, 5.74) is 3.69. The zero-order valence-corrected chi connectivity index (χ0v) is 18.0. The molecular formula is C19H25Cl3N2O3. The van der Waals surface area contributed by atoms with E-state index in [1.54, 1.807) is 55.6 Å². The third-order valence-electron chi connectivity index (χ3n) is 2.75. The normalized spacial score (nSPS) is 9.44. The molecule has 0 aliphatic rings. The molecule has 0 unspecified atom stereocenters. The number of methoxy groups -OCH3 is 1. The van der Waals surface area contributed by atoms with E-state index < -0.39 is 10.5 Å². The van der Waals surface area contributed by atoms with Crippen LogP contribution in [0.25, 0.3) is 0 Å². The van der Waals surface area contributed by atoms with Gasteiger partial charge in [-0.25, -0.2) is 0 Å². The van der Waals surface area contributed by atoms with Crippen LogP contribution in [0, 0.1) is 0 Å². The number of benzene rings is 2. The Hall–Kier alpha value is -1.63. The Morgan fingerprint density at radius 1 is 0.889 bits per heavy atom. The number of carbonyl (C=O) groups is 2. The van der Waals surface area contributed by atoms with Crippen molar-refractivity contribution in [3.8, 4) is 5.75 Å². The molecule has 0 atom stereocenters. The summed E-state index contributed by atoms with van der Waals surface area (Å²) in [6.45, 7) is 6.02. The minimum atomic E-state index is -0.451. The smallest absolute Gasteiger partial charge is 0.252 e. The first-order valence-electron chi connectivity index (χ1n) is 7.67. The Morgan fingerprint density at radius 2 is 1.26 bits per heavy atom. The molecular weight excluding hydrogens is 411 g/mol. The molecule has 8 heteroatoms. The van der Waals surface area contributed by atoms with Gasteiger partial charge >= 0.3 is 0 Å². The predicted octanol–water partition coefficient (Wildman–Crippen LogP) is 4.81. The summed E-state index contributed by atoms with van der Waals surface area (Å²) in [5, 5.41) is -0.858. The minimum absolute atomic E-state index is 0. The van der Waals surface area contributed by atoms with Crippen LogP contribution in [-0.4, -0.2) is 23.1 Å². The zero-order chi connectivity index (χ0) is 20.2. The molecule has 0 aliphatic heterocycles. The maximum atomic E-state index is 10.6. The van der Waals surface area contributed by atoms with Crippen molar-refractivity contribution in [3.63, 3.8) is 0 Å². The molecule has 0 fully saturated rings. The summed E-state index contributed by atoms with van der Waals surface area (Å²) < 4.78 is 4.89. The highest BCUT2D eigenvalue weighted by molar-refractivity contribution is 6.68. The van der Waals surface area contributed by atoms with E-state index in [0.717, 1.165) is 0 Å². The second-order valence-electron chi connectivity index (χ2n) is 6.04. The van der Waals surface area contributed by atoms with Crippen molar-refractivity contribution in [1.29, 1.82) is 0 Å². The second kappa shape index (κ2) is 14.4. The topological polar surface area (TPSA) is 81.4 Å². The van der Waals surface area contributed by atoms with Crippen LogP contribution in [0.4, 0.5) is 0 Å². The number of nitrogens with two attached hydrogens (primary N) is 1. The number of rotatable bonds is 3. The van der Waals surface area contributed by atoms with Gasteiger partial charge in [-0.3, -0.25) is 20.9 Å². The quantitative estimate of drug-likeness (QED) is 0.411. The highest BCUT2D eigenvalue weighted by atomic mass is 35.5. The molecule has 0 radical (unpaired) electrons. The lowest BCUT2D eigenvalue weighted by Crippen LogP contribution is -2.41. The monoisotopic (exact) mass is 434 g/mol. The predicted molar refractivity (Wildman–Crippen MR) is 114 cm³/mol. The Kier molecular flexibility index (Phi) is 14.7. The third-order valence-corrected chi connectivity index (χ3v) is 3.19. The standard InChI is InChI=1S/C8H7ClO2.C7H5ClO.C4H12N2.ClH/c1-11-7-4-2-6(3-5-7)8(9)10;8-7(9)6-4-2-1-3-5-6;1-4(2,3)6-5;/h2-5H,1H3;1-5H;6H,5H2,1-3H3;1H. The van der Waals surface area contributed by atoms with E-state index in [1.165, 1.54) is 0 Å². The van der Waals surface area contributed by atoms with Gasteiger partial charge in [0.1, 0.15) is 5.75 Å². The van der Waals surface area contributed by atoms with Gasteiger partial charge in [-0.2, -0.15) is 0 Å². The minimum Gasteiger partial charge on any atom is -0.497 e. The number of halogens is 3. The molecule has 0 spiro atoms. The Labute approximate surface area is 176 Å². The van der Waals surface area contributed by atoms with Crippen molar-refractivity contribution >= 4 is 46.1 Å². The van der Waals surface area contributed by atoms with Gasteiger partial charge in [0.05, 0.1) is 7.11 Å². The molecule has 0 saturated heterocycles. The van der Waals surface area contributed by atoms with Crippen LogP contribution in [0.5, 0.6) is 5.75 Å². The average molecular weight is 436 g/mol. The molecule has 5 nitrogen and oxygen atoms in total. The molecule has 0 aromatic heterocycles. The third kappa shape index (κ3) is 14.1. The van der Waals surface area contributed by atoms with Crippen LogP contribution < -0.4 is 16.0 Å². The summed E-state index contributed by atoms with van der Waals surface area (Å²) >= 11 is 10.4. The molecule has 150 valence electrons. The van der Waals surface area contributed by atoms with Crippen molar-refractivity contribution in [2.24, 2.45) is 5.84 Å². The number of hydrogen-bond acceptors (Lipinski definition) is 5. The maximum absolute atomic E-state index is 10.6. The lowest BCUT2D eigenvalue weighted by molar-refractivity contribution is 0.107. The SMILES string of the molecule is CC(C)(C)NN.COc1ccc(C(=O)Cl)cc1.Cl.O=C(Cl)c1ccccc1. The summed E-state index contributed by atoms with van der Waals surface area (Å²) in [5.74, 6) is 5.77. The first-order valence-corrected chi connectivity index (χ1v) is 8.43. The van der Waals surface area contributed by atoms with Gasteiger partial charge in [0.15, 0.2) is 0 Å². The van der Waals surface area contributed by atoms with Crippen LogP contribution >= 0.6 is 35.6 Å². The molecule has 3 N–H and O–H groups in total. The number of hydrogen-bond donors (Lipinski definition) is 2. The summed E-state index contributed by atoms with van der Waals surface area (Å²) in [7, 11) is 1.57. The molecule has 2 rings (SSSR count). The average Bonchev–Trinajstić information content (AvgIpc) is 2.63. The highest BCUT2D eigenvalue weighted by Gasteiger charge is 2.02. The van der Waals surface area contributed by atoms with Crippen molar-refractivity contribution in [2.45, 2.75) is 26.3 Å². The van der Waals surface area contributed by atoms with Gasteiger partial charge in [0, 0.05) is 16.7 Å². The van der Waals surface area contributed by atoms with E-state index in [1.807, 2.05) is 26.8 Å². The van der Waals surface area contributed by atoms with Gasteiger partial charge in [-0.1, -0.05) is 30.3 Å². The van der Waals surface area contributed by atoms with Crippen LogP contribution in [-0.2, 0) is 0 Å². The van der Waals surface area contributed by atoms with Crippen molar-refractivity contribution in [3.05, 3.63) is 65.7 Å². The van der Waals surface area contributed by atoms with Crippen LogP contribution in [0.1, 0.15) is 41.5 Å². The largest absolute Gasteiger partial charge is 0.497 e. The molecule has 0 heterocycles. The van der Waals surface area contributed by atoms with Gasteiger partial charge < -0.3 is 4.74 Å². The summed E-state index contributed by atoms with van der Waals surface area (Å²) in [4.78, 5) is 21.0. The van der Waals surface area contributed by atoms with E-state index in [-0.39, 0.29) is 17.9 Å².